The van der Waals surface area contributed by atoms with Gasteiger partial charge in [-0.3, -0.25) is 4.79 Å². The van der Waals surface area contributed by atoms with E-state index in [1.165, 1.54) is 17.7 Å². The number of halogens is 1. The molecule has 1 aliphatic carbocycles. The van der Waals surface area contributed by atoms with Gasteiger partial charge in [-0.25, -0.2) is 0 Å². The molecule has 0 unspecified atom stereocenters. The van der Waals surface area contributed by atoms with Crippen LogP contribution < -0.4 is 11.1 Å². The van der Waals surface area contributed by atoms with Crippen molar-refractivity contribution in [2.75, 3.05) is 12.3 Å². The molecule has 3 N–H and O–H groups in total. The Balaban J connectivity index is 1.73. The van der Waals surface area contributed by atoms with E-state index >= 15 is 0 Å². The van der Waals surface area contributed by atoms with Crippen LogP contribution in [-0.4, -0.2) is 23.7 Å². The van der Waals surface area contributed by atoms with Crippen LogP contribution in [0.25, 0.3) is 0 Å². The first-order valence-corrected chi connectivity index (χ1v) is 8.81. The summed E-state index contributed by atoms with van der Waals surface area (Å²) in [6.45, 7) is 0.554. The lowest BCUT2D eigenvalue weighted by Gasteiger charge is -2.28. The number of nitrogens with one attached hydrogen (secondary N) is 1. The van der Waals surface area contributed by atoms with Crippen LogP contribution in [0.4, 0.5) is 0 Å². The van der Waals surface area contributed by atoms with E-state index in [-0.39, 0.29) is 11.4 Å². The second-order valence-electron chi connectivity index (χ2n) is 5.29. The van der Waals surface area contributed by atoms with E-state index in [1.807, 2.05) is 12.1 Å². The first-order valence-electron chi connectivity index (χ1n) is 7.03. The fourth-order valence-corrected chi connectivity index (χ4v) is 3.70. The van der Waals surface area contributed by atoms with E-state index in [2.05, 4.69) is 33.4 Å². The van der Waals surface area contributed by atoms with Gasteiger partial charge in [0, 0.05) is 28.1 Å². The molecule has 0 bridgehead atoms. The molecule has 0 aromatic heterocycles. The lowest BCUT2D eigenvalue weighted by Crippen LogP contribution is -2.51. The molecule has 1 amide bonds. The van der Waals surface area contributed by atoms with Crippen LogP contribution in [0.1, 0.15) is 32.1 Å². The maximum atomic E-state index is 12.0. The first kappa shape index (κ1) is 15.9. The molecule has 0 heterocycles. The van der Waals surface area contributed by atoms with Crippen LogP contribution in [0.2, 0.25) is 0 Å². The fraction of sp³-hybridized carbons (Fsp3) is 0.533. The Morgan fingerprint density at radius 3 is 2.55 bits per heavy atom. The Bertz CT molecular complexity index is 444. The maximum Gasteiger partial charge on any atom is 0.221 e. The molecule has 20 heavy (non-hydrogen) atoms. The van der Waals surface area contributed by atoms with Crippen molar-refractivity contribution in [3.63, 3.8) is 0 Å². The third kappa shape index (κ3) is 4.50. The number of amides is 1. The largest absolute Gasteiger partial charge is 0.349 e. The van der Waals surface area contributed by atoms with Gasteiger partial charge in [0.05, 0.1) is 5.54 Å². The third-order valence-corrected chi connectivity index (χ3v) is 5.31. The molecule has 0 spiro atoms. The molecule has 1 fully saturated rings. The third-order valence-electron chi connectivity index (χ3n) is 3.77. The summed E-state index contributed by atoms with van der Waals surface area (Å²) in [4.78, 5) is 13.2. The summed E-state index contributed by atoms with van der Waals surface area (Å²) >= 11 is 5.12. The Hall–Kier alpha value is -0.520. The van der Waals surface area contributed by atoms with Gasteiger partial charge >= 0.3 is 0 Å². The predicted molar refractivity (Wildman–Crippen MR) is 87.9 cm³/mol. The monoisotopic (exact) mass is 356 g/mol. The van der Waals surface area contributed by atoms with Crippen molar-refractivity contribution in [3.8, 4) is 0 Å². The van der Waals surface area contributed by atoms with Crippen molar-refractivity contribution in [2.24, 2.45) is 5.73 Å². The van der Waals surface area contributed by atoms with Crippen LogP contribution in [0.5, 0.6) is 0 Å². The zero-order chi connectivity index (χ0) is 14.4. The molecule has 3 nitrogen and oxygen atoms in total. The Labute approximate surface area is 133 Å². The minimum Gasteiger partial charge on any atom is -0.349 e. The summed E-state index contributed by atoms with van der Waals surface area (Å²) in [5.41, 5.74) is 5.70. The Kier molecular flexibility index (Phi) is 5.93. The van der Waals surface area contributed by atoms with Gasteiger partial charge in [0.1, 0.15) is 0 Å². The van der Waals surface area contributed by atoms with Gasteiger partial charge in [0.25, 0.3) is 0 Å². The summed E-state index contributed by atoms with van der Waals surface area (Å²) in [6, 6.07) is 8.16. The van der Waals surface area contributed by atoms with Crippen molar-refractivity contribution in [2.45, 2.75) is 42.5 Å². The first-order chi connectivity index (χ1) is 9.63. The van der Waals surface area contributed by atoms with Gasteiger partial charge in [0.2, 0.25) is 5.91 Å². The van der Waals surface area contributed by atoms with Crippen molar-refractivity contribution in [3.05, 3.63) is 28.7 Å². The van der Waals surface area contributed by atoms with Crippen LogP contribution in [0.15, 0.2) is 33.6 Å². The molecular weight excluding hydrogens is 336 g/mol. The standard InChI is InChI=1S/C15H21BrN2OS/c16-12-3-5-13(6-4-12)20-10-7-14(19)18-15(11-17)8-1-2-9-15/h3-6H,1-2,7-11,17H2,(H,18,19). The smallest absolute Gasteiger partial charge is 0.221 e. The van der Waals surface area contributed by atoms with E-state index < -0.39 is 0 Å². The van der Waals surface area contributed by atoms with Gasteiger partial charge in [-0.05, 0) is 37.1 Å². The normalized spacial score (nSPS) is 17.1. The molecule has 2 rings (SSSR count). The average molecular weight is 357 g/mol. The number of carbonyl (C=O) groups is 1. The van der Waals surface area contributed by atoms with Crippen molar-refractivity contribution in [1.82, 2.24) is 5.32 Å². The maximum absolute atomic E-state index is 12.0. The van der Waals surface area contributed by atoms with Gasteiger partial charge in [-0.1, -0.05) is 28.8 Å². The van der Waals surface area contributed by atoms with Crippen molar-refractivity contribution < 1.29 is 4.79 Å². The van der Waals surface area contributed by atoms with E-state index in [0.29, 0.717) is 13.0 Å². The molecule has 0 radical (unpaired) electrons. The van der Waals surface area contributed by atoms with Crippen LogP contribution >= 0.6 is 27.7 Å². The van der Waals surface area contributed by atoms with Crippen LogP contribution in [0.3, 0.4) is 0 Å². The van der Waals surface area contributed by atoms with Gasteiger partial charge in [0.15, 0.2) is 0 Å². The highest BCUT2D eigenvalue weighted by Crippen LogP contribution is 2.29. The molecule has 0 aliphatic heterocycles. The van der Waals surface area contributed by atoms with E-state index in [9.17, 15) is 4.79 Å². The number of benzene rings is 1. The SMILES string of the molecule is NCC1(NC(=O)CCSc2ccc(Br)cc2)CCCC1. The molecule has 5 heteroatoms. The topological polar surface area (TPSA) is 55.1 Å². The second-order valence-corrected chi connectivity index (χ2v) is 7.38. The zero-order valence-electron chi connectivity index (χ0n) is 11.5. The Morgan fingerprint density at radius 2 is 1.95 bits per heavy atom. The number of hydrogen-bond donors (Lipinski definition) is 2. The fourth-order valence-electron chi connectivity index (χ4n) is 2.58. The van der Waals surface area contributed by atoms with Crippen LogP contribution in [0, 0.1) is 0 Å². The molecule has 1 aromatic rings. The van der Waals surface area contributed by atoms with Crippen molar-refractivity contribution >= 4 is 33.6 Å². The summed E-state index contributed by atoms with van der Waals surface area (Å²) in [5.74, 6) is 0.927. The number of hydrogen-bond acceptors (Lipinski definition) is 3. The molecule has 0 saturated heterocycles. The summed E-state index contributed by atoms with van der Waals surface area (Å²) in [7, 11) is 0. The number of thioether (sulfide) groups is 1. The van der Waals surface area contributed by atoms with Crippen LogP contribution in [-0.2, 0) is 4.79 Å². The number of rotatable bonds is 6. The minimum atomic E-state index is -0.126. The minimum absolute atomic E-state index is 0.126. The molecule has 1 aliphatic rings. The van der Waals surface area contributed by atoms with Crippen molar-refractivity contribution in [1.29, 1.82) is 0 Å². The van der Waals surface area contributed by atoms with Gasteiger partial charge in [-0.15, -0.1) is 11.8 Å². The number of carbonyl (C=O) groups excluding carboxylic acids is 1. The predicted octanol–water partition coefficient (Wildman–Crippen LogP) is 3.32. The van der Waals surface area contributed by atoms with E-state index in [4.69, 9.17) is 5.73 Å². The molecule has 110 valence electrons. The summed E-state index contributed by atoms with van der Waals surface area (Å²) < 4.78 is 1.07. The van der Waals surface area contributed by atoms with Gasteiger partial charge < -0.3 is 11.1 Å². The highest BCUT2D eigenvalue weighted by Gasteiger charge is 2.33. The quantitative estimate of drug-likeness (QED) is 0.768. The lowest BCUT2D eigenvalue weighted by molar-refractivity contribution is -0.122. The number of nitrogens with two attached hydrogens (primary N) is 1. The lowest BCUT2D eigenvalue weighted by atomic mass is 9.98. The van der Waals surface area contributed by atoms with E-state index in [1.54, 1.807) is 11.8 Å². The highest BCUT2D eigenvalue weighted by atomic mass is 79.9. The summed E-state index contributed by atoms with van der Waals surface area (Å²) in [5, 5.41) is 3.15. The molecular formula is C15H21BrN2OS. The second kappa shape index (κ2) is 7.48. The molecule has 1 saturated carbocycles. The molecule has 0 atom stereocenters. The highest BCUT2D eigenvalue weighted by molar-refractivity contribution is 9.10. The van der Waals surface area contributed by atoms with Gasteiger partial charge in [-0.2, -0.15) is 0 Å². The zero-order valence-corrected chi connectivity index (χ0v) is 13.9. The molecule has 1 aromatic carbocycles. The van der Waals surface area contributed by atoms with E-state index in [0.717, 1.165) is 23.1 Å². The average Bonchev–Trinajstić information content (AvgIpc) is 2.90. The summed E-state index contributed by atoms with van der Waals surface area (Å²) in [6.07, 6.45) is 4.93. The Morgan fingerprint density at radius 1 is 1.30 bits per heavy atom.